The zero-order chi connectivity index (χ0) is 15.4. The van der Waals surface area contributed by atoms with Gasteiger partial charge in [0, 0.05) is 6.07 Å². The summed E-state index contributed by atoms with van der Waals surface area (Å²) in [6.45, 7) is 1.94. The predicted molar refractivity (Wildman–Crippen MR) is 85.1 cm³/mol. The molecule has 0 saturated heterocycles. The van der Waals surface area contributed by atoms with E-state index < -0.39 is 0 Å². The van der Waals surface area contributed by atoms with Crippen molar-refractivity contribution in [3.8, 4) is 0 Å². The summed E-state index contributed by atoms with van der Waals surface area (Å²) < 4.78 is 0. The van der Waals surface area contributed by atoms with Gasteiger partial charge in [0.25, 0.3) is 0 Å². The van der Waals surface area contributed by atoms with Gasteiger partial charge < -0.3 is 0 Å². The maximum atomic E-state index is 6.94. The van der Waals surface area contributed by atoms with Crippen LogP contribution in [0.2, 0.25) is 5.15 Å². The third kappa shape index (κ3) is 3.60. The molecule has 0 bridgehead atoms. The number of halogens is 1. The van der Waals surface area contributed by atoms with Crippen molar-refractivity contribution in [3.63, 3.8) is 0 Å². The number of hydrogen-bond donors (Lipinski definition) is 3. The highest BCUT2D eigenvalue weighted by atomic mass is 35.5. The molecule has 2 aromatic rings. The molecule has 4 N–H and O–H groups in total. The van der Waals surface area contributed by atoms with Crippen LogP contribution in [0, 0.1) is 12.5 Å². The second kappa shape index (κ2) is 6.70. The molecular weight excluding hydrogens is 310 g/mol. The lowest BCUT2D eigenvalue weighted by molar-refractivity contribution is 0.921. The minimum Gasteiger partial charge on any atom is -0.260 e. The van der Waals surface area contributed by atoms with Crippen molar-refractivity contribution in [1.82, 2.24) is 9.97 Å². The fourth-order valence-electron chi connectivity index (χ4n) is 1.72. The number of nitrogens with zero attached hydrogens (tertiary/aromatic N) is 4. The van der Waals surface area contributed by atoms with Crippen molar-refractivity contribution < 1.29 is 0 Å². The number of thioether (sulfide) groups is 1. The molecule has 0 radical (unpaired) electrons. The Hall–Kier alpha value is -1.90. The smallest absolute Gasteiger partial charge is 0.190 e. The molecular formula is C12H14ClN7S. The maximum Gasteiger partial charge on any atom is 0.190 e. The van der Waals surface area contributed by atoms with E-state index in [9.17, 15) is 0 Å². The summed E-state index contributed by atoms with van der Waals surface area (Å²) >= 11 is 7.36. The van der Waals surface area contributed by atoms with E-state index in [0.717, 1.165) is 5.56 Å². The van der Waals surface area contributed by atoms with Gasteiger partial charge >= 0.3 is 0 Å². The molecule has 9 heteroatoms. The number of anilines is 3. The Labute approximate surface area is 131 Å². The number of hydrazine groups is 1. The molecule has 2 rings (SSSR count). The first-order chi connectivity index (χ1) is 10.0. The van der Waals surface area contributed by atoms with E-state index in [1.165, 1.54) is 16.8 Å². The zero-order valence-electron chi connectivity index (χ0n) is 11.5. The first kappa shape index (κ1) is 15.5. The molecule has 1 aromatic carbocycles. The summed E-state index contributed by atoms with van der Waals surface area (Å²) in [5.74, 6) is 6.60. The fraction of sp³-hybridized carbons (Fsp3) is 0.167. The standard InChI is InChI=1S/C12H14ClN7S/c1-7-3-4-8(18-19-14)9(5-7)20(15)11-6-10(13)16-12(17-11)21-2/h3-6H,15H2,1-2H3,(H2,14,18). The Balaban J connectivity index is 2.48. The van der Waals surface area contributed by atoms with Crippen molar-refractivity contribution in [2.75, 3.05) is 16.7 Å². The molecule has 0 atom stereocenters. The van der Waals surface area contributed by atoms with Crippen LogP contribution in [0.1, 0.15) is 5.56 Å². The average molecular weight is 324 g/mol. The largest absolute Gasteiger partial charge is 0.260 e. The maximum absolute atomic E-state index is 6.94. The van der Waals surface area contributed by atoms with E-state index >= 15 is 0 Å². The Bertz CT molecular complexity index is 664. The molecule has 0 unspecified atom stereocenters. The van der Waals surface area contributed by atoms with Crippen molar-refractivity contribution in [2.45, 2.75) is 12.1 Å². The van der Waals surface area contributed by atoms with Crippen LogP contribution in [0.25, 0.3) is 0 Å². The van der Waals surface area contributed by atoms with Crippen LogP contribution in [0.3, 0.4) is 0 Å². The number of aromatic nitrogens is 2. The number of nitrogens with one attached hydrogen (secondary N) is 2. The minimum absolute atomic E-state index is 0.312. The number of nitrogens with two attached hydrogens (primary N) is 1. The van der Waals surface area contributed by atoms with Crippen LogP contribution in [0.4, 0.5) is 17.2 Å². The van der Waals surface area contributed by atoms with E-state index in [1.54, 1.807) is 12.1 Å². The third-order valence-electron chi connectivity index (χ3n) is 2.68. The predicted octanol–water partition coefficient (Wildman–Crippen LogP) is 3.53. The molecule has 21 heavy (non-hydrogen) atoms. The average Bonchev–Trinajstić information content (AvgIpc) is 2.47. The lowest BCUT2D eigenvalue weighted by atomic mass is 10.2. The van der Waals surface area contributed by atoms with Crippen molar-refractivity contribution in [2.24, 2.45) is 11.1 Å². The van der Waals surface area contributed by atoms with Gasteiger partial charge in [-0.3, -0.25) is 10.4 Å². The first-order valence-electron chi connectivity index (χ1n) is 5.91. The van der Waals surface area contributed by atoms with Gasteiger partial charge in [0.05, 0.1) is 11.4 Å². The molecule has 1 heterocycles. The Morgan fingerprint density at radius 3 is 2.81 bits per heavy atom. The van der Waals surface area contributed by atoms with Gasteiger partial charge in [0.1, 0.15) is 5.15 Å². The van der Waals surface area contributed by atoms with Gasteiger partial charge in [-0.05, 0) is 30.9 Å². The van der Waals surface area contributed by atoms with Crippen molar-refractivity contribution >= 4 is 40.6 Å². The SMILES string of the molecule is CSc1nc(Cl)cc(N(N)c2cc(C)ccc2NN=N)n1. The summed E-state index contributed by atoms with van der Waals surface area (Å²) in [5.41, 5.74) is 11.8. The summed E-state index contributed by atoms with van der Waals surface area (Å²) in [5, 5.41) is 5.40. The van der Waals surface area contributed by atoms with Crippen LogP contribution in [-0.2, 0) is 0 Å². The van der Waals surface area contributed by atoms with E-state index in [-0.39, 0.29) is 0 Å². The van der Waals surface area contributed by atoms with Crippen LogP contribution >= 0.6 is 23.4 Å². The lowest BCUT2D eigenvalue weighted by Crippen LogP contribution is -2.27. The van der Waals surface area contributed by atoms with Crippen LogP contribution in [-0.4, -0.2) is 16.2 Å². The van der Waals surface area contributed by atoms with E-state index in [0.29, 0.717) is 27.5 Å². The summed E-state index contributed by atoms with van der Waals surface area (Å²) in [7, 11) is 0. The molecule has 0 aliphatic heterocycles. The quantitative estimate of drug-likeness (QED) is 0.194. The van der Waals surface area contributed by atoms with Gasteiger partial charge in [0.2, 0.25) is 0 Å². The molecule has 1 aromatic heterocycles. The van der Waals surface area contributed by atoms with Gasteiger partial charge in [-0.1, -0.05) is 34.7 Å². The number of rotatable bonds is 5. The molecule has 0 spiro atoms. The molecule has 0 fully saturated rings. The third-order valence-corrected chi connectivity index (χ3v) is 3.42. The summed E-state index contributed by atoms with van der Waals surface area (Å²) in [4.78, 5) is 8.40. The molecule has 0 amide bonds. The van der Waals surface area contributed by atoms with Crippen molar-refractivity contribution in [1.29, 1.82) is 5.53 Å². The highest BCUT2D eigenvalue weighted by Gasteiger charge is 2.14. The highest BCUT2D eigenvalue weighted by molar-refractivity contribution is 7.98. The molecule has 0 saturated carbocycles. The zero-order valence-corrected chi connectivity index (χ0v) is 13.0. The number of hydrogen-bond acceptors (Lipinski definition) is 7. The van der Waals surface area contributed by atoms with Gasteiger partial charge in [-0.2, -0.15) is 5.53 Å². The van der Waals surface area contributed by atoms with Crippen LogP contribution in [0.5, 0.6) is 0 Å². The molecule has 7 nitrogen and oxygen atoms in total. The molecule has 110 valence electrons. The monoisotopic (exact) mass is 323 g/mol. The molecule has 0 aliphatic rings. The first-order valence-corrected chi connectivity index (χ1v) is 7.52. The Morgan fingerprint density at radius 2 is 2.14 bits per heavy atom. The van der Waals surface area contributed by atoms with Gasteiger partial charge in [-0.15, -0.1) is 0 Å². The van der Waals surface area contributed by atoms with E-state index in [1.807, 2.05) is 25.3 Å². The fourth-order valence-corrected chi connectivity index (χ4v) is 2.32. The highest BCUT2D eigenvalue weighted by Crippen LogP contribution is 2.31. The van der Waals surface area contributed by atoms with E-state index in [2.05, 4.69) is 20.6 Å². The van der Waals surface area contributed by atoms with Crippen molar-refractivity contribution in [3.05, 3.63) is 35.0 Å². The normalized spacial score (nSPS) is 10.3. The summed E-state index contributed by atoms with van der Waals surface area (Å²) in [6.07, 6.45) is 1.86. The topological polar surface area (TPSA) is 103 Å². The summed E-state index contributed by atoms with van der Waals surface area (Å²) in [6, 6.07) is 7.12. The minimum atomic E-state index is 0.312. The lowest BCUT2D eigenvalue weighted by Gasteiger charge is -2.21. The van der Waals surface area contributed by atoms with Crippen LogP contribution < -0.4 is 16.3 Å². The molecule has 0 aliphatic carbocycles. The number of aryl methyl sites for hydroxylation is 1. The van der Waals surface area contributed by atoms with Crippen LogP contribution in [0.15, 0.2) is 34.6 Å². The van der Waals surface area contributed by atoms with Gasteiger partial charge in [0.15, 0.2) is 11.0 Å². The Kier molecular flexibility index (Phi) is 4.94. The second-order valence-electron chi connectivity index (χ2n) is 4.15. The number of benzene rings is 1. The Morgan fingerprint density at radius 1 is 1.38 bits per heavy atom. The second-order valence-corrected chi connectivity index (χ2v) is 5.31. The van der Waals surface area contributed by atoms with Gasteiger partial charge in [-0.25, -0.2) is 15.8 Å². The van der Waals surface area contributed by atoms with E-state index in [4.69, 9.17) is 23.0 Å².